The number of likely N-dealkylation sites (tertiary alicyclic amines) is 1. The van der Waals surface area contributed by atoms with Crippen molar-refractivity contribution in [3.63, 3.8) is 0 Å². The summed E-state index contributed by atoms with van der Waals surface area (Å²) in [6.45, 7) is 6.77. The maximum atomic E-state index is 11.8. The molecule has 3 N–H and O–H groups in total. The van der Waals surface area contributed by atoms with Crippen molar-refractivity contribution in [1.82, 2.24) is 10.2 Å². The molecule has 0 aromatic heterocycles. The molecule has 0 saturated carbocycles. The van der Waals surface area contributed by atoms with Gasteiger partial charge in [0, 0.05) is 43.3 Å². The third-order valence-electron chi connectivity index (χ3n) is 5.37. The second kappa shape index (κ2) is 12.1. The van der Waals surface area contributed by atoms with E-state index in [1.165, 1.54) is 0 Å². The Balaban J connectivity index is 0.00000341. The Bertz CT molecular complexity index is 738. The zero-order valence-corrected chi connectivity index (χ0v) is 19.1. The summed E-state index contributed by atoms with van der Waals surface area (Å²) in [5.74, 6) is 1.06. The molecule has 2 aliphatic heterocycles. The Kier molecular flexibility index (Phi) is 9.87. The molecular weight excluding hydrogens is 422 g/mol. The normalized spacial score (nSPS) is 17.9. The molecule has 9 heteroatoms. The number of fused-ring (bicyclic) bond motifs is 1. The maximum Gasteiger partial charge on any atom is 0.407 e. The van der Waals surface area contributed by atoms with Gasteiger partial charge in [-0.05, 0) is 37.3 Å². The molecule has 1 atom stereocenters. The van der Waals surface area contributed by atoms with Crippen LogP contribution in [0.1, 0.15) is 38.7 Å². The van der Waals surface area contributed by atoms with Crippen LogP contribution in [-0.4, -0.2) is 67.0 Å². The van der Waals surface area contributed by atoms with E-state index in [9.17, 15) is 14.7 Å². The minimum absolute atomic E-state index is 0. The number of amides is 2. The van der Waals surface area contributed by atoms with E-state index in [1.807, 2.05) is 32.0 Å². The van der Waals surface area contributed by atoms with Crippen LogP contribution in [0, 0.1) is 5.92 Å². The number of anilines is 1. The van der Waals surface area contributed by atoms with Gasteiger partial charge in [0.25, 0.3) is 0 Å². The van der Waals surface area contributed by atoms with Crippen LogP contribution in [0.2, 0.25) is 0 Å². The lowest BCUT2D eigenvalue weighted by Gasteiger charge is -2.33. The Hall–Kier alpha value is -2.03. The minimum atomic E-state index is -0.612. The highest BCUT2D eigenvalue weighted by Crippen LogP contribution is 2.31. The number of rotatable bonds is 8. The van der Waals surface area contributed by atoms with Gasteiger partial charge in [0.15, 0.2) is 0 Å². The Morgan fingerprint density at radius 2 is 2.00 bits per heavy atom. The molecule has 31 heavy (non-hydrogen) atoms. The van der Waals surface area contributed by atoms with Crippen LogP contribution in [0.5, 0.6) is 5.75 Å². The number of carbonyl (C=O) groups excluding carboxylic acids is 2. The van der Waals surface area contributed by atoms with Gasteiger partial charge in [-0.2, -0.15) is 0 Å². The summed E-state index contributed by atoms with van der Waals surface area (Å²) in [5, 5.41) is 16.2. The van der Waals surface area contributed by atoms with Crippen LogP contribution >= 0.6 is 12.4 Å². The van der Waals surface area contributed by atoms with Crippen molar-refractivity contribution in [2.24, 2.45) is 5.92 Å². The quantitative estimate of drug-likeness (QED) is 0.557. The number of nitrogens with one attached hydrogen (secondary N) is 2. The van der Waals surface area contributed by atoms with Crippen molar-refractivity contribution >= 4 is 30.1 Å². The summed E-state index contributed by atoms with van der Waals surface area (Å²) in [5.41, 5.74) is 1.78. The zero-order chi connectivity index (χ0) is 21.5. The number of aliphatic hydroxyl groups excluding tert-OH is 1. The lowest BCUT2D eigenvalue weighted by Crippen LogP contribution is -2.47. The molecule has 2 heterocycles. The average molecular weight is 456 g/mol. The van der Waals surface area contributed by atoms with Gasteiger partial charge in [-0.3, -0.25) is 4.79 Å². The predicted octanol–water partition coefficient (Wildman–Crippen LogP) is 2.58. The Morgan fingerprint density at radius 1 is 1.26 bits per heavy atom. The minimum Gasteiger partial charge on any atom is -0.490 e. The highest BCUT2D eigenvalue weighted by molar-refractivity contribution is 5.94. The molecular formula is C22H34ClN3O5. The predicted molar refractivity (Wildman–Crippen MR) is 121 cm³/mol. The molecule has 3 rings (SSSR count). The summed E-state index contributed by atoms with van der Waals surface area (Å²) in [4.78, 5) is 25.5. The van der Waals surface area contributed by atoms with Gasteiger partial charge in [0.2, 0.25) is 5.91 Å². The molecule has 1 fully saturated rings. The smallest absolute Gasteiger partial charge is 0.407 e. The number of ether oxygens (including phenoxy) is 2. The summed E-state index contributed by atoms with van der Waals surface area (Å²) in [6, 6.07) is 5.70. The second-order valence-electron chi connectivity index (χ2n) is 8.51. The number of piperidine rings is 1. The van der Waals surface area contributed by atoms with E-state index in [4.69, 9.17) is 9.47 Å². The van der Waals surface area contributed by atoms with E-state index in [0.717, 1.165) is 42.9 Å². The number of hydrogen-bond acceptors (Lipinski definition) is 6. The van der Waals surface area contributed by atoms with Crippen LogP contribution in [0.15, 0.2) is 18.2 Å². The fourth-order valence-electron chi connectivity index (χ4n) is 3.77. The molecule has 0 spiro atoms. The molecule has 0 unspecified atom stereocenters. The van der Waals surface area contributed by atoms with Crippen LogP contribution in [0.25, 0.3) is 0 Å². The lowest BCUT2D eigenvalue weighted by molar-refractivity contribution is -0.116. The third-order valence-corrected chi connectivity index (χ3v) is 5.37. The highest BCUT2D eigenvalue weighted by Gasteiger charge is 2.24. The summed E-state index contributed by atoms with van der Waals surface area (Å²) in [7, 11) is 0. The maximum absolute atomic E-state index is 11.8. The second-order valence-corrected chi connectivity index (χ2v) is 8.51. The van der Waals surface area contributed by atoms with Crippen molar-refractivity contribution in [3.05, 3.63) is 23.8 Å². The van der Waals surface area contributed by atoms with E-state index >= 15 is 0 Å². The molecule has 1 saturated heterocycles. The Labute approximate surface area is 190 Å². The van der Waals surface area contributed by atoms with Crippen molar-refractivity contribution in [1.29, 1.82) is 0 Å². The van der Waals surface area contributed by atoms with Crippen molar-refractivity contribution in [3.8, 4) is 5.75 Å². The standard InChI is InChI=1S/C22H33N3O5.ClH/c1-15(2)13-30-22(28)23-16-8-10-25(11-9-16)12-17(26)14-29-20-5-3-4-19-18(20)6-7-21(27)24-19;/h3-5,15-17,26H,6-14H2,1-2H3,(H,23,28)(H,24,27);1H/t17-;/m1./s1. The van der Waals surface area contributed by atoms with Crippen LogP contribution < -0.4 is 15.4 Å². The molecule has 1 aromatic carbocycles. The number of aliphatic hydroxyl groups is 1. The van der Waals surface area contributed by atoms with Crippen molar-refractivity contribution in [2.75, 3.05) is 38.2 Å². The average Bonchev–Trinajstić information content (AvgIpc) is 2.72. The number of alkyl carbamates (subject to hydrolysis) is 1. The van der Waals surface area contributed by atoms with Crippen molar-refractivity contribution < 1.29 is 24.2 Å². The topological polar surface area (TPSA) is 100 Å². The van der Waals surface area contributed by atoms with Gasteiger partial charge in [-0.1, -0.05) is 19.9 Å². The van der Waals surface area contributed by atoms with Gasteiger partial charge in [-0.25, -0.2) is 4.79 Å². The number of halogens is 1. The molecule has 2 aliphatic rings. The van der Waals surface area contributed by atoms with Crippen molar-refractivity contribution in [2.45, 2.75) is 51.7 Å². The first-order chi connectivity index (χ1) is 14.4. The van der Waals surface area contributed by atoms with Gasteiger partial charge in [-0.15, -0.1) is 12.4 Å². The highest BCUT2D eigenvalue weighted by atomic mass is 35.5. The zero-order valence-electron chi connectivity index (χ0n) is 18.3. The van der Waals surface area contributed by atoms with Gasteiger partial charge in [0.1, 0.15) is 18.5 Å². The fourth-order valence-corrected chi connectivity index (χ4v) is 3.77. The summed E-state index contributed by atoms with van der Waals surface area (Å²) < 4.78 is 11.0. The number of benzene rings is 1. The van der Waals surface area contributed by atoms with Gasteiger partial charge >= 0.3 is 6.09 Å². The van der Waals surface area contributed by atoms with E-state index in [0.29, 0.717) is 31.9 Å². The fraction of sp³-hybridized carbons (Fsp3) is 0.636. The summed E-state index contributed by atoms with van der Waals surface area (Å²) >= 11 is 0. The molecule has 174 valence electrons. The third kappa shape index (κ3) is 7.87. The number of hydrogen-bond donors (Lipinski definition) is 3. The first kappa shape index (κ1) is 25.2. The number of carbonyl (C=O) groups is 2. The number of nitrogens with zero attached hydrogens (tertiary/aromatic N) is 1. The Morgan fingerprint density at radius 3 is 2.71 bits per heavy atom. The van der Waals surface area contributed by atoms with E-state index in [2.05, 4.69) is 15.5 Å². The molecule has 2 amide bonds. The largest absolute Gasteiger partial charge is 0.490 e. The number of β-amino-alcohol motifs (C(OH)–C–C–N with tert-alkyl or cyclic N) is 1. The summed E-state index contributed by atoms with van der Waals surface area (Å²) in [6.07, 6.45) is 1.79. The lowest BCUT2D eigenvalue weighted by atomic mass is 10.0. The monoisotopic (exact) mass is 455 g/mol. The SMILES string of the molecule is CC(C)COC(=O)NC1CCN(C[C@@H](O)COc2cccc3c2CCC(=O)N3)CC1.Cl. The van der Waals surface area contributed by atoms with Gasteiger partial charge in [0.05, 0.1) is 6.61 Å². The first-order valence-corrected chi connectivity index (χ1v) is 10.8. The van der Waals surface area contributed by atoms with Crippen LogP contribution in [0.3, 0.4) is 0 Å². The molecule has 0 bridgehead atoms. The molecule has 0 aliphatic carbocycles. The molecule has 0 radical (unpaired) electrons. The first-order valence-electron chi connectivity index (χ1n) is 10.8. The van der Waals surface area contributed by atoms with E-state index in [-0.39, 0.29) is 37.1 Å². The van der Waals surface area contributed by atoms with E-state index < -0.39 is 6.10 Å². The van der Waals surface area contributed by atoms with Crippen LogP contribution in [-0.2, 0) is 16.0 Å². The molecule has 8 nitrogen and oxygen atoms in total. The van der Waals surface area contributed by atoms with Crippen LogP contribution in [0.4, 0.5) is 10.5 Å². The van der Waals surface area contributed by atoms with Gasteiger partial charge < -0.3 is 30.1 Å². The molecule has 1 aromatic rings. The van der Waals surface area contributed by atoms with E-state index in [1.54, 1.807) is 0 Å².